The molecule has 0 bridgehead atoms. The summed E-state index contributed by atoms with van der Waals surface area (Å²) in [7, 11) is 0. The Kier molecular flexibility index (Phi) is 13.8. The summed E-state index contributed by atoms with van der Waals surface area (Å²) in [6.45, 7) is 9.56. The van der Waals surface area contributed by atoms with Crippen LogP contribution in [0.2, 0.25) is 0 Å². The van der Waals surface area contributed by atoms with Gasteiger partial charge in [-0.25, -0.2) is 0 Å². The summed E-state index contributed by atoms with van der Waals surface area (Å²) < 4.78 is 32.7. The van der Waals surface area contributed by atoms with E-state index in [-0.39, 0.29) is 37.4 Å². The van der Waals surface area contributed by atoms with Gasteiger partial charge in [-0.05, 0) is 27.2 Å². The number of hydrogen-bond acceptors (Lipinski definition) is 9. The average Bonchev–Trinajstić information content (AvgIpc) is 2.68. The van der Waals surface area contributed by atoms with Gasteiger partial charge in [0.15, 0.2) is 0 Å². The van der Waals surface area contributed by atoms with Gasteiger partial charge in [-0.1, -0.05) is 0 Å². The van der Waals surface area contributed by atoms with Gasteiger partial charge in [0.2, 0.25) is 5.91 Å². The first kappa shape index (κ1) is 26.7. The standard InChI is InChI=1S/C20H38N2O8/c1-20(2,3)30-18(23)5-4-17(21)19(24)22-14-16-15-28-11-10-26-7-6-25-8-9-27-12-13-29-16/h16-17H,4-15,21H2,1-3H3,(H,22,24). The Morgan fingerprint density at radius 3 is 2.07 bits per heavy atom. The molecule has 1 aliphatic rings. The summed E-state index contributed by atoms with van der Waals surface area (Å²) in [4.78, 5) is 24.0. The molecule has 0 spiro atoms. The zero-order valence-corrected chi connectivity index (χ0v) is 18.5. The summed E-state index contributed by atoms with van der Waals surface area (Å²) in [6, 6.07) is -0.808. The summed E-state index contributed by atoms with van der Waals surface area (Å²) >= 11 is 0. The van der Waals surface area contributed by atoms with Crippen molar-refractivity contribution in [3.8, 4) is 0 Å². The molecule has 1 fully saturated rings. The molecule has 1 saturated heterocycles. The van der Waals surface area contributed by atoms with Crippen LogP contribution in [-0.2, 0) is 38.0 Å². The lowest BCUT2D eigenvalue weighted by atomic mass is 10.1. The molecule has 2 unspecified atom stereocenters. The lowest BCUT2D eigenvalue weighted by Gasteiger charge is -2.21. The molecule has 10 heteroatoms. The van der Waals surface area contributed by atoms with Crippen molar-refractivity contribution >= 4 is 11.9 Å². The molecule has 0 aromatic carbocycles. The van der Waals surface area contributed by atoms with Crippen molar-refractivity contribution in [2.24, 2.45) is 5.73 Å². The summed E-state index contributed by atoms with van der Waals surface area (Å²) in [5, 5.41) is 2.76. The topological polar surface area (TPSA) is 128 Å². The Hall–Kier alpha value is -1.30. The number of nitrogens with one attached hydrogen (secondary N) is 1. The van der Waals surface area contributed by atoms with Gasteiger partial charge >= 0.3 is 5.97 Å². The van der Waals surface area contributed by atoms with Gasteiger partial charge in [-0.3, -0.25) is 9.59 Å². The number of nitrogens with two attached hydrogens (primary N) is 1. The van der Waals surface area contributed by atoms with Crippen molar-refractivity contribution in [2.45, 2.75) is 51.4 Å². The molecule has 30 heavy (non-hydrogen) atoms. The molecule has 0 aromatic heterocycles. The fourth-order valence-electron chi connectivity index (χ4n) is 2.46. The number of amides is 1. The van der Waals surface area contributed by atoms with Crippen LogP contribution in [0.15, 0.2) is 0 Å². The Morgan fingerprint density at radius 1 is 0.967 bits per heavy atom. The average molecular weight is 435 g/mol. The predicted octanol–water partition coefficient (Wildman–Crippen LogP) is 0.0170. The minimum atomic E-state index is -0.808. The summed E-state index contributed by atoms with van der Waals surface area (Å²) in [5.74, 6) is -0.730. The maximum Gasteiger partial charge on any atom is 0.306 e. The molecule has 0 radical (unpaired) electrons. The monoisotopic (exact) mass is 434 g/mol. The Bertz CT molecular complexity index is 468. The van der Waals surface area contributed by atoms with Crippen LogP contribution in [0, 0.1) is 0 Å². The molecule has 2 atom stereocenters. The number of carbonyl (C=O) groups excluding carboxylic acids is 2. The number of hydrogen-bond donors (Lipinski definition) is 2. The van der Waals surface area contributed by atoms with E-state index in [4.69, 9.17) is 34.2 Å². The van der Waals surface area contributed by atoms with Crippen molar-refractivity contribution in [2.75, 3.05) is 66.0 Å². The molecule has 1 aliphatic heterocycles. The van der Waals surface area contributed by atoms with Crippen molar-refractivity contribution in [3.05, 3.63) is 0 Å². The van der Waals surface area contributed by atoms with Crippen LogP contribution in [0.1, 0.15) is 33.6 Å². The molecule has 0 aliphatic carbocycles. The van der Waals surface area contributed by atoms with E-state index in [1.165, 1.54) is 0 Å². The zero-order chi connectivity index (χ0) is 22.2. The normalized spacial score (nSPS) is 21.7. The number of ether oxygens (including phenoxy) is 6. The van der Waals surface area contributed by atoms with Gasteiger partial charge in [0.1, 0.15) is 5.60 Å². The summed E-state index contributed by atoms with van der Waals surface area (Å²) in [6.07, 6.45) is -0.0663. The fourth-order valence-corrected chi connectivity index (χ4v) is 2.46. The molecule has 1 amide bonds. The largest absolute Gasteiger partial charge is 0.460 e. The molecule has 0 aromatic rings. The smallest absolute Gasteiger partial charge is 0.306 e. The zero-order valence-electron chi connectivity index (χ0n) is 18.5. The lowest BCUT2D eigenvalue weighted by Crippen LogP contribution is -2.45. The Balaban J connectivity index is 2.35. The van der Waals surface area contributed by atoms with E-state index < -0.39 is 11.6 Å². The van der Waals surface area contributed by atoms with Gasteiger partial charge in [0, 0.05) is 13.0 Å². The van der Waals surface area contributed by atoms with Gasteiger partial charge in [-0.15, -0.1) is 0 Å². The highest BCUT2D eigenvalue weighted by Crippen LogP contribution is 2.09. The van der Waals surface area contributed by atoms with E-state index in [1.54, 1.807) is 20.8 Å². The van der Waals surface area contributed by atoms with Gasteiger partial charge in [-0.2, -0.15) is 0 Å². The number of esters is 1. The fraction of sp³-hybridized carbons (Fsp3) is 0.900. The third-order valence-corrected chi connectivity index (χ3v) is 3.92. The molecule has 10 nitrogen and oxygen atoms in total. The van der Waals surface area contributed by atoms with E-state index >= 15 is 0 Å². The number of carbonyl (C=O) groups is 2. The van der Waals surface area contributed by atoms with Crippen molar-refractivity contribution in [3.63, 3.8) is 0 Å². The molecule has 1 heterocycles. The Labute approximate surface area is 179 Å². The molecule has 3 N–H and O–H groups in total. The van der Waals surface area contributed by atoms with Crippen molar-refractivity contribution in [1.29, 1.82) is 0 Å². The van der Waals surface area contributed by atoms with E-state index in [2.05, 4.69) is 5.32 Å². The minimum absolute atomic E-state index is 0.0793. The van der Waals surface area contributed by atoms with Crippen LogP contribution in [0.3, 0.4) is 0 Å². The van der Waals surface area contributed by atoms with Crippen LogP contribution >= 0.6 is 0 Å². The van der Waals surface area contributed by atoms with Crippen molar-refractivity contribution in [1.82, 2.24) is 5.32 Å². The first-order valence-corrected chi connectivity index (χ1v) is 10.5. The number of rotatable bonds is 6. The quantitative estimate of drug-likeness (QED) is 0.556. The van der Waals surface area contributed by atoms with Crippen LogP contribution in [0.5, 0.6) is 0 Å². The van der Waals surface area contributed by atoms with Crippen LogP contribution in [0.4, 0.5) is 0 Å². The minimum Gasteiger partial charge on any atom is -0.460 e. The first-order valence-electron chi connectivity index (χ1n) is 10.5. The summed E-state index contributed by atoms with van der Waals surface area (Å²) in [5.41, 5.74) is 5.33. The van der Waals surface area contributed by atoms with Gasteiger partial charge < -0.3 is 39.5 Å². The molecule has 176 valence electrons. The maximum atomic E-state index is 12.2. The van der Waals surface area contributed by atoms with E-state index in [1.807, 2.05) is 0 Å². The highest BCUT2D eigenvalue weighted by molar-refractivity contribution is 5.82. The second-order valence-corrected chi connectivity index (χ2v) is 7.88. The third-order valence-electron chi connectivity index (χ3n) is 3.92. The second-order valence-electron chi connectivity index (χ2n) is 7.88. The highest BCUT2D eigenvalue weighted by Gasteiger charge is 2.20. The Morgan fingerprint density at radius 2 is 1.50 bits per heavy atom. The van der Waals surface area contributed by atoms with Gasteiger partial charge in [0.25, 0.3) is 0 Å². The van der Waals surface area contributed by atoms with Crippen LogP contribution in [0.25, 0.3) is 0 Å². The van der Waals surface area contributed by atoms with Crippen LogP contribution in [-0.4, -0.2) is 95.6 Å². The molecule has 0 saturated carbocycles. The lowest BCUT2D eigenvalue weighted by molar-refractivity contribution is -0.155. The molecular weight excluding hydrogens is 396 g/mol. The maximum absolute atomic E-state index is 12.2. The predicted molar refractivity (Wildman–Crippen MR) is 109 cm³/mol. The van der Waals surface area contributed by atoms with Gasteiger partial charge in [0.05, 0.1) is 71.6 Å². The van der Waals surface area contributed by atoms with E-state index in [9.17, 15) is 9.59 Å². The van der Waals surface area contributed by atoms with E-state index in [0.717, 1.165) is 0 Å². The second kappa shape index (κ2) is 15.5. The SMILES string of the molecule is CC(C)(C)OC(=O)CCC(N)C(=O)NCC1COCCOCCOCCOCCO1. The highest BCUT2D eigenvalue weighted by atomic mass is 16.6. The third kappa shape index (κ3) is 14.6. The van der Waals surface area contributed by atoms with E-state index in [0.29, 0.717) is 59.5 Å². The first-order chi connectivity index (χ1) is 14.3. The van der Waals surface area contributed by atoms with Crippen LogP contribution < -0.4 is 11.1 Å². The molecular formula is C20H38N2O8. The molecule has 1 rings (SSSR count). The van der Waals surface area contributed by atoms with Crippen molar-refractivity contribution < 1.29 is 38.0 Å².